The molecule has 3 fully saturated rings. The highest BCUT2D eigenvalue weighted by Gasteiger charge is 2.45. The van der Waals surface area contributed by atoms with Gasteiger partial charge in [0.2, 0.25) is 0 Å². The van der Waals surface area contributed by atoms with Gasteiger partial charge in [-0.25, -0.2) is 13.7 Å². The summed E-state index contributed by atoms with van der Waals surface area (Å²) in [6.45, 7) is 3.65. The van der Waals surface area contributed by atoms with Crippen LogP contribution < -0.4 is 20.3 Å². The second kappa shape index (κ2) is 10.8. The van der Waals surface area contributed by atoms with E-state index in [0.29, 0.717) is 22.0 Å². The Balaban J connectivity index is 1.23. The van der Waals surface area contributed by atoms with Gasteiger partial charge in [0.05, 0.1) is 29.0 Å². The number of ether oxygens (including phenoxy) is 2. The molecule has 3 aromatic rings. The third-order valence-electron chi connectivity index (χ3n) is 8.32. The second-order valence-electron chi connectivity index (χ2n) is 10.7. The van der Waals surface area contributed by atoms with Crippen molar-refractivity contribution in [3.63, 3.8) is 0 Å². The number of rotatable bonds is 7. The van der Waals surface area contributed by atoms with Crippen molar-refractivity contribution in [2.24, 2.45) is 5.41 Å². The van der Waals surface area contributed by atoms with E-state index in [1.807, 2.05) is 0 Å². The number of hydrogen-bond acceptors (Lipinski definition) is 9. The number of piperidine rings is 1. The van der Waals surface area contributed by atoms with Crippen LogP contribution in [0.15, 0.2) is 41.5 Å². The van der Waals surface area contributed by atoms with Crippen LogP contribution in [-0.2, 0) is 4.74 Å². The average molecular weight is 551 g/mol. The summed E-state index contributed by atoms with van der Waals surface area (Å²) >= 11 is 1.35. The lowest BCUT2D eigenvalue weighted by atomic mass is 9.60. The largest absolute Gasteiger partial charge is 0.453 e. The Morgan fingerprint density at radius 1 is 1.26 bits per heavy atom. The van der Waals surface area contributed by atoms with Gasteiger partial charge in [0.25, 0.3) is 5.56 Å². The standard InChI is InChI=1S/C28H31FN6O3S/c1-37-20-6-11-34(16-20)39-33-25-5-3-23(29)26(22(25)15-30)38-19-2-4-24-21(12-19)27(36)35(17-32-24)18-13-28(14-18)7-9-31-10-8-28/h2-5,12,17-18,20,31,33H,6-11,13-14,16H2,1H3. The van der Waals surface area contributed by atoms with Crippen molar-refractivity contribution in [3.8, 4) is 17.6 Å². The molecule has 3 aliphatic rings. The first kappa shape index (κ1) is 26.1. The van der Waals surface area contributed by atoms with Crippen molar-refractivity contribution in [1.82, 2.24) is 19.2 Å². The van der Waals surface area contributed by atoms with Crippen LogP contribution in [0.25, 0.3) is 10.9 Å². The van der Waals surface area contributed by atoms with Gasteiger partial charge in [-0.05, 0) is 80.9 Å². The van der Waals surface area contributed by atoms with Gasteiger partial charge >= 0.3 is 0 Å². The predicted molar refractivity (Wildman–Crippen MR) is 148 cm³/mol. The molecule has 2 aromatic carbocycles. The number of benzene rings is 2. The Kier molecular flexibility index (Phi) is 7.20. The fourth-order valence-electron chi connectivity index (χ4n) is 6.00. The quantitative estimate of drug-likeness (QED) is 0.409. The van der Waals surface area contributed by atoms with Gasteiger partial charge in [-0.2, -0.15) is 5.26 Å². The zero-order valence-electron chi connectivity index (χ0n) is 21.8. The molecular formula is C28H31FN6O3S. The van der Waals surface area contributed by atoms with Crippen molar-refractivity contribution < 1.29 is 13.9 Å². The first-order valence-electron chi connectivity index (χ1n) is 13.3. The molecule has 2 aliphatic heterocycles. The van der Waals surface area contributed by atoms with Crippen LogP contribution in [-0.4, -0.2) is 53.2 Å². The van der Waals surface area contributed by atoms with Crippen LogP contribution in [0.4, 0.5) is 10.1 Å². The molecule has 0 bridgehead atoms. The summed E-state index contributed by atoms with van der Waals surface area (Å²) in [5.74, 6) is -0.576. The normalized spacial score (nSPS) is 21.1. The summed E-state index contributed by atoms with van der Waals surface area (Å²) in [5, 5.41) is 13.7. The number of methoxy groups -OCH3 is 1. The molecular weight excluding hydrogens is 519 g/mol. The number of aromatic nitrogens is 2. The first-order chi connectivity index (χ1) is 19.0. The summed E-state index contributed by atoms with van der Waals surface area (Å²) in [6.07, 6.45) is 6.98. The smallest absolute Gasteiger partial charge is 0.261 e. The van der Waals surface area contributed by atoms with E-state index in [0.717, 1.165) is 58.3 Å². The molecule has 0 radical (unpaired) electrons. The van der Waals surface area contributed by atoms with Crippen molar-refractivity contribution in [1.29, 1.82) is 5.26 Å². The number of hydrogen-bond donors (Lipinski definition) is 2. The SMILES string of the molecule is COC1CCN(SNc2ccc(F)c(Oc3ccc4ncn(C5CC6(CCNCC6)C5)c(=O)c4c3)c2C#N)C1. The zero-order valence-corrected chi connectivity index (χ0v) is 22.6. The minimum absolute atomic E-state index is 0.0513. The molecule has 2 N–H and O–H groups in total. The van der Waals surface area contributed by atoms with Gasteiger partial charge in [-0.3, -0.25) is 9.36 Å². The van der Waals surface area contributed by atoms with E-state index in [4.69, 9.17) is 9.47 Å². The summed E-state index contributed by atoms with van der Waals surface area (Å²) < 4.78 is 33.2. The molecule has 1 unspecified atom stereocenters. The van der Waals surface area contributed by atoms with Gasteiger partial charge in [-0.15, -0.1) is 0 Å². The van der Waals surface area contributed by atoms with Crippen LogP contribution in [0.2, 0.25) is 0 Å². The van der Waals surface area contributed by atoms with E-state index in [-0.39, 0.29) is 34.8 Å². The summed E-state index contributed by atoms with van der Waals surface area (Å²) in [7, 11) is 1.69. The molecule has 1 saturated carbocycles. The van der Waals surface area contributed by atoms with Crippen LogP contribution in [0.1, 0.15) is 43.7 Å². The predicted octanol–water partition coefficient (Wildman–Crippen LogP) is 4.60. The molecule has 3 heterocycles. The molecule has 0 amide bonds. The number of nitrogens with zero attached hydrogens (tertiary/aromatic N) is 4. The average Bonchev–Trinajstić information content (AvgIpc) is 3.41. The molecule has 1 spiro atoms. The lowest BCUT2D eigenvalue weighted by molar-refractivity contribution is 0.0270. The van der Waals surface area contributed by atoms with Gasteiger partial charge in [0.1, 0.15) is 17.4 Å². The highest BCUT2D eigenvalue weighted by Crippen LogP contribution is 2.53. The van der Waals surface area contributed by atoms with Crippen molar-refractivity contribution in [2.75, 3.05) is 38.0 Å². The van der Waals surface area contributed by atoms with E-state index in [2.05, 4.69) is 25.4 Å². The van der Waals surface area contributed by atoms with E-state index in [1.54, 1.807) is 36.2 Å². The maximum Gasteiger partial charge on any atom is 0.261 e. The van der Waals surface area contributed by atoms with Crippen LogP contribution >= 0.6 is 12.1 Å². The third kappa shape index (κ3) is 5.10. The minimum atomic E-state index is -0.659. The third-order valence-corrected chi connectivity index (χ3v) is 9.22. The maximum atomic E-state index is 14.9. The first-order valence-corrected chi connectivity index (χ1v) is 14.1. The Labute approximate surface area is 230 Å². The maximum absolute atomic E-state index is 14.9. The molecule has 204 valence electrons. The van der Waals surface area contributed by atoms with Crippen molar-refractivity contribution in [3.05, 3.63) is 58.4 Å². The van der Waals surface area contributed by atoms with E-state index in [1.165, 1.54) is 24.3 Å². The highest BCUT2D eigenvalue weighted by molar-refractivity contribution is 7.98. The number of nitrogens with one attached hydrogen (secondary N) is 2. The molecule has 6 rings (SSSR count). The van der Waals surface area contributed by atoms with E-state index in [9.17, 15) is 14.4 Å². The number of nitriles is 1. The van der Waals surface area contributed by atoms with Gasteiger partial charge < -0.3 is 19.5 Å². The van der Waals surface area contributed by atoms with Gasteiger partial charge in [-0.1, -0.05) is 0 Å². The monoisotopic (exact) mass is 550 g/mol. The fourth-order valence-corrected chi connectivity index (χ4v) is 6.83. The van der Waals surface area contributed by atoms with Crippen LogP contribution in [0.5, 0.6) is 11.5 Å². The fraction of sp³-hybridized carbons (Fsp3) is 0.464. The zero-order chi connectivity index (χ0) is 27.0. The Hall–Kier alpha value is -3.17. The van der Waals surface area contributed by atoms with Crippen LogP contribution in [0.3, 0.4) is 0 Å². The van der Waals surface area contributed by atoms with E-state index < -0.39 is 5.82 Å². The van der Waals surface area contributed by atoms with Crippen LogP contribution in [0, 0.1) is 22.6 Å². The second-order valence-corrected chi connectivity index (χ2v) is 11.6. The number of fused-ring (bicyclic) bond motifs is 1. The van der Waals surface area contributed by atoms with Crippen molar-refractivity contribution >= 4 is 28.7 Å². The minimum Gasteiger partial charge on any atom is -0.453 e. The molecule has 1 atom stereocenters. The highest BCUT2D eigenvalue weighted by atomic mass is 32.2. The van der Waals surface area contributed by atoms with Gasteiger partial charge in [0, 0.05) is 38.4 Å². The lowest BCUT2D eigenvalue weighted by Crippen LogP contribution is -2.47. The summed E-state index contributed by atoms with van der Waals surface area (Å²) in [6, 6.07) is 9.91. The topological polar surface area (TPSA) is 104 Å². The van der Waals surface area contributed by atoms with Gasteiger partial charge in [0.15, 0.2) is 11.6 Å². The summed E-state index contributed by atoms with van der Waals surface area (Å²) in [5.41, 5.74) is 1.24. The molecule has 1 aromatic heterocycles. The molecule has 9 nitrogen and oxygen atoms in total. The molecule has 1 aliphatic carbocycles. The molecule has 39 heavy (non-hydrogen) atoms. The van der Waals surface area contributed by atoms with E-state index >= 15 is 0 Å². The van der Waals surface area contributed by atoms with Crippen molar-refractivity contribution in [2.45, 2.75) is 44.2 Å². The molecule has 11 heteroatoms. The Morgan fingerprint density at radius 2 is 2.08 bits per heavy atom. The number of halogens is 1. The lowest BCUT2D eigenvalue weighted by Gasteiger charge is -2.50. The Morgan fingerprint density at radius 3 is 2.82 bits per heavy atom. The number of anilines is 1. The molecule has 2 saturated heterocycles. The Bertz CT molecular complexity index is 1480. The summed E-state index contributed by atoms with van der Waals surface area (Å²) in [4.78, 5) is 17.9.